The quantitative estimate of drug-likeness (QED) is 0.349. The lowest BCUT2D eigenvalue weighted by molar-refractivity contribution is 0.142. The van der Waals surface area contributed by atoms with Crippen LogP contribution in [-0.4, -0.2) is 63.3 Å². The Morgan fingerprint density at radius 1 is 1.23 bits per heavy atom. The SMILES string of the molecule is CCCCCCNC(=NCC1CCCN1CCOC)NCC. The molecule has 22 heavy (non-hydrogen) atoms. The number of guanidine groups is 1. The molecule has 5 heteroatoms. The highest BCUT2D eigenvalue weighted by Crippen LogP contribution is 2.16. The number of nitrogens with one attached hydrogen (secondary N) is 2. The summed E-state index contributed by atoms with van der Waals surface area (Å²) in [5.41, 5.74) is 0. The minimum Gasteiger partial charge on any atom is -0.383 e. The number of rotatable bonds is 11. The molecule has 1 unspecified atom stereocenters. The lowest BCUT2D eigenvalue weighted by Gasteiger charge is -2.23. The lowest BCUT2D eigenvalue weighted by Crippen LogP contribution is -2.40. The second-order valence-electron chi connectivity index (χ2n) is 6.03. The van der Waals surface area contributed by atoms with Crippen molar-refractivity contribution in [2.75, 3.05) is 46.4 Å². The number of unbranched alkanes of at least 4 members (excludes halogenated alkanes) is 3. The Morgan fingerprint density at radius 2 is 2.09 bits per heavy atom. The van der Waals surface area contributed by atoms with Crippen molar-refractivity contribution in [3.05, 3.63) is 0 Å². The first kappa shape index (κ1) is 19.2. The summed E-state index contributed by atoms with van der Waals surface area (Å²) in [6.45, 7) is 10.2. The van der Waals surface area contributed by atoms with Gasteiger partial charge in [0.15, 0.2) is 5.96 Å². The van der Waals surface area contributed by atoms with Gasteiger partial charge in [0.05, 0.1) is 13.2 Å². The summed E-state index contributed by atoms with van der Waals surface area (Å²) in [6, 6.07) is 0.575. The Labute approximate surface area is 136 Å². The molecule has 1 aliphatic heterocycles. The van der Waals surface area contributed by atoms with Gasteiger partial charge in [0, 0.05) is 32.8 Å². The van der Waals surface area contributed by atoms with E-state index in [1.165, 1.54) is 45.1 Å². The Morgan fingerprint density at radius 3 is 2.82 bits per heavy atom. The van der Waals surface area contributed by atoms with Crippen molar-refractivity contribution >= 4 is 5.96 Å². The van der Waals surface area contributed by atoms with Crippen LogP contribution >= 0.6 is 0 Å². The van der Waals surface area contributed by atoms with Gasteiger partial charge >= 0.3 is 0 Å². The average Bonchev–Trinajstić information content (AvgIpc) is 2.97. The van der Waals surface area contributed by atoms with Gasteiger partial charge in [0.2, 0.25) is 0 Å². The van der Waals surface area contributed by atoms with Crippen LogP contribution in [0.25, 0.3) is 0 Å². The predicted octanol–water partition coefficient (Wildman–Crippen LogP) is 2.23. The van der Waals surface area contributed by atoms with Gasteiger partial charge in [-0.15, -0.1) is 0 Å². The molecule has 0 saturated carbocycles. The summed E-state index contributed by atoms with van der Waals surface area (Å²) >= 11 is 0. The van der Waals surface area contributed by atoms with E-state index in [9.17, 15) is 0 Å². The van der Waals surface area contributed by atoms with E-state index >= 15 is 0 Å². The van der Waals surface area contributed by atoms with Crippen molar-refractivity contribution in [3.63, 3.8) is 0 Å². The van der Waals surface area contributed by atoms with Crippen molar-refractivity contribution in [2.45, 2.75) is 58.4 Å². The Hall–Kier alpha value is -0.810. The third-order valence-corrected chi connectivity index (χ3v) is 4.21. The normalized spacial score (nSPS) is 19.6. The van der Waals surface area contributed by atoms with Crippen molar-refractivity contribution in [1.29, 1.82) is 0 Å². The van der Waals surface area contributed by atoms with E-state index in [0.717, 1.165) is 38.7 Å². The van der Waals surface area contributed by atoms with Crippen LogP contribution in [0.3, 0.4) is 0 Å². The molecule has 1 rings (SSSR count). The summed E-state index contributed by atoms with van der Waals surface area (Å²) in [5.74, 6) is 0.970. The fourth-order valence-corrected chi connectivity index (χ4v) is 2.90. The number of nitrogens with zero attached hydrogens (tertiary/aromatic N) is 2. The molecule has 0 aromatic heterocycles. The maximum atomic E-state index is 5.20. The minimum atomic E-state index is 0.575. The van der Waals surface area contributed by atoms with Gasteiger partial charge in [0.25, 0.3) is 0 Å². The average molecular weight is 313 g/mol. The second-order valence-corrected chi connectivity index (χ2v) is 6.03. The lowest BCUT2D eigenvalue weighted by atomic mass is 10.2. The maximum Gasteiger partial charge on any atom is 0.191 e. The van der Waals surface area contributed by atoms with E-state index in [-0.39, 0.29) is 0 Å². The van der Waals surface area contributed by atoms with Crippen molar-refractivity contribution in [3.8, 4) is 0 Å². The van der Waals surface area contributed by atoms with Crippen LogP contribution < -0.4 is 10.6 Å². The van der Waals surface area contributed by atoms with Gasteiger partial charge in [0.1, 0.15) is 0 Å². The highest BCUT2D eigenvalue weighted by molar-refractivity contribution is 5.79. The van der Waals surface area contributed by atoms with Crippen LogP contribution in [-0.2, 0) is 4.74 Å². The predicted molar refractivity (Wildman–Crippen MR) is 94.6 cm³/mol. The van der Waals surface area contributed by atoms with Gasteiger partial charge in [-0.25, -0.2) is 0 Å². The zero-order chi connectivity index (χ0) is 16.0. The third kappa shape index (κ3) is 7.99. The second kappa shape index (κ2) is 12.7. The van der Waals surface area contributed by atoms with Gasteiger partial charge in [-0.05, 0) is 32.7 Å². The molecule has 1 aliphatic rings. The molecule has 0 aromatic rings. The van der Waals surface area contributed by atoms with E-state index in [1.54, 1.807) is 7.11 Å². The number of likely N-dealkylation sites (tertiary alicyclic amines) is 1. The van der Waals surface area contributed by atoms with Crippen molar-refractivity contribution < 1.29 is 4.74 Å². The van der Waals surface area contributed by atoms with Crippen LogP contribution in [0.2, 0.25) is 0 Å². The number of hydrogen-bond acceptors (Lipinski definition) is 3. The van der Waals surface area contributed by atoms with E-state index in [2.05, 4.69) is 29.4 Å². The first-order valence-electron chi connectivity index (χ1n) is 9.07. The van der Waals surface area contributed by atoms with Crippen LogP contribution in [0.1, 0.15) is 52.4 Å². The molecule has 2 N–H and O–H groups in total. The zero-order valence-corrected chi connectivity index (χ0v) is 14.9. The van der Waals surface area contributed by atoms with Gasteiger partial charge in [-0.3, -0.25) is 9.89 Å². The van der Waals surface area contributed by atoms with Crippen LogP contribution in [0.4, 0.5) is 0 Å². The summed E-state index contributed by atoms with van der Waals surface area (Å²) in [6.07, 6.45) is 7.67. The van der Waals surface area contributed by atoms with Crippen molar-refractivity contribution in [1.82, 2.24) is 15.5 Å². The standard InChI is InChI=1S/C17H36N4O/c1-4-6-7-8-11-19-17(18-5-2)20-15-16-10-9-12-21(16)13-14-22-3/h16H,4-15H2,1-3H3,(H2,18,19,20). The molecule has 5 nitrogen and oxygen atoms in total. The molecule has 130 valence electrons. The molecule has 0 amide bonds. The monoisotopic (exact) mass is 312 g/mol. The topological polar surface area (TPSA) is 48.9 Å². The first-order valence-corrected chi connectivity index (χ1v) is 9.07. The molecule has 0 radical (unpaired) electrons. The molecule has 0 spiro atoms. The van der Waals surface area contributed by atoms with Crippen molar-refractivity contribution in [2.24, 2.45) is 4.99 Å². The van der Waals surface area contributed by atoms with Gasteiger partial charge in [-0.2, -0.15) is 0 Å². The van der Waals surface area contributed by atoms with E-state index in [1.807, 2.05) is 0 Å². The summed E-state index contributed by atoms with van der Waals surface area (Å²) in [7, 11) is 1.77. The largest absolute Gasteiger partial charge is 0.383 e. The molecular weight excluding hydrogens is 276 g/mol. The third-order valence-electron chi connectivity index (χ3n) is 4.21. The Balaban J connectivity index is 2.33. The summed E-state index contributed by atoms with van der Waals surface area (Å²) in [4.78, 5) is 7.30. The van der Waals surface area contributed by atoms with Gasteiger partial charge in [-0.1, -0.05) is 26.2 Å². The fraction of sp³-hybridized carbons (Fsp3) is 0.941. The Bertz CT molecular complexity index is 296. The van der Waals surface area contributed by atoms with E-state index in [4.69, 9.17) is 9.73 Å². The highest BCUT2D eigenvalue weighted by Gasteiger charge is 2.23. The smallest absolute Gasteiger partial charge is 0.191 e. The first-order chi connectivity index (χ1) is 10.8. The molecule has 0 bridgehead atoms. The van der Waals surface area contributed by atoms with E-state index in [0.29, 0.717) is 6.04 Å². The molecule has 1 heterocycles. The molecule has 0 aromatic carbocycles. The highest BCUT2D eigenvalue weighted by atomic mass is 16.5. The number of hydrogen-bond donors (Lipinski definition) is 2. The zero-order valence-electron chi connectivity index (χ0n) is 14.9. The molecule has 1 saturated heterocycles. The number of ether oxygens (including phenoxy) is 1. The molecular formula is C17H36N4O. The summed E-state index contributed by atoms with van der Waals surface area (Å²) < 4.78 is 5.20. The molecule has 0 aliphatic carbocycles. The molecule has 1 atom stereocenters. The molecule has 1 fully saturated rings. The number of aliphatic imine (C=N–C) groups is 1. The van der Waals surface area contributed by atoms with Gasteiger partial charge < -0.3 is 15.4 Å². The fourth-order valence-electron chi connectivity index (χ4n) is 2.90. The van der Waals surface area contributed by atoms with Crippen LogP contribution in [0.5, 0.6) is 0 Å². The number of methoxy groups -OCH3 is 1. The maximum absolute atomic E-state index is 5.20. The Kier molecular flexibility index (Phi) is 11.1. The van der Waals surface area contributed by atoms with Crippen LogP contribution in [0.15, 0.2) is 4.99 Å². The van der Waals surface area contributed by atoms with Crippen LogP contribution in [0, 0.1) is 0 Å². The summed E-state index contributed by atoms with van der Waals surface area (Å²) in [5, 5.41) is 6.81. The minimum absolute atomic E-state index is 0.575. The van der Waals surface area contributed by atoms with E-state index < -0.39 is 0 Å².